The van der Waals surface area contributed by atoms with Crippen molar-refractivity contribution in [3.8, 4) is 5.69 Å². The van der Waals surface area contributed by atoms with Gasteiger partial charge in [0.1, 0.15) is 15.6 Å². The van der Waals surface area contributed by atoms with Crippen molar-refractivity contribution in [1.29, 1.82) is 0 Å². The first-order valence-corrected chi connectivity index (χ1v) is 11.3. The number of thiophene rings is 1. The van der Waals surface area contributed by atoms with E-state index in [1.807, 2.05) is 31.2 Å². The lowest BCUT2D eigenvalue weighted by Crippen LogP contribution is -2.51. The minimum Gasteiger partial charge on any atom is -0.371 e. The van der Waals surface area contributed by atoms with Crippen LogP contribution in [0.15, 0.2) is 59.4 Å². The average Bonchev–Trinajstić information content (AvgIpc) is 3.11. The average molecular weight is 448 g/mol. The highest BCUT2D eigenvalue weighted by molar-refractivity contribution is 7.23. The second-order valence-corrected chi connectivity index (χ2v) is 9.16. The number of rotatable bonds is 5. The Morgan fingerprint density at radius 2 is 1.84 bits per heavy atom. The normalized spacial score (nSPS) is 13.8. The maximum Gasteiger partial charge on any atom is 0.256 e. The van der Waals surface area contributed by atoms with Crippen LogP contribution < -0.4 is 16.2 Å². The van der Waals surface area contributed by atoms with E-state index < -0.39 is 0 Å². The molecule has 1 aliphatic heterocycles. The van der Waals surface area contributed by atoms with E-state index in [0.717, 1.165) is 29.3 Å². The molecule has 0 unspecified atom stereocenters. The van der Waals surface area contributed by atoms with E-state index in [-0.39, 0.29) is 23.2 Å². The minimum atomic E-state index is -0.344. The number of hydrogen-bond donors (Lipinski definition) is 2. The van der Waals surface area contributed by atoms with Crippen LogP contribution in [0.3, 0.4) is 0 Å². The Morgan fingerprint density at radius 3 is 2.50 bits per heavy atom. The summed E-state index contributed by atoms with van der Waals surface area (Å²) in [4.78, 5) is 27.2. The summed E-state index contributed by atoms with van der Waals surface area (Å²) in [5.41, 5.74) is 3.06. The number of aromatic nitrogens is 1. The summed E-state index contributed by atoms with van der Waals surface area (Å²) in [5, 5.41) is 8.12. The van der Waals surface area contributed by atoms with Gasteiger partial charge in [0.2, 0.25) is 0 Å². The van der Waals surface area contributed by atoms with Gasteiger partial charge >= 0.3 is 0 Å². The molecule has 5 rings (SSSR count). The minimum absolute atomic E-state index is 0.156. The monoisotopic (exact) mass is 447 g/mol. The quantitative estimate of drug-likeness (QED) is 0.445. The van der Waals surface area contributed by atoms with E-state index in [0.29, 0.717) is 26.9 Å². The number of hydrogen-bond acceptors (Lipinski definition) is 5. The fourth-order valence-corrected chi connectivity index (χ4v) is 5.14. The summed E-state index contributed by atoms with van der Waals surface area (Å²) in [5.74, 6) is -0.535. The van der Waals surface area contributed by atoms with Crippen LogP contribution in [-0.2, 0) is 0 Å². The van der Waals surface area contributed by atoms with Gasteiger partial charge in [-0.3, -0.25) is 14.2 Å². The maximum absolute atomic E-state index is 13.8. The number of anilines is 1. The Kier molecular flexibility index (Phi) is 5.15. The Labute approximate surface area is 188 Å². The summed E-state index contributed by atoms with van der Waals surface area (Å²) in [7, 11) is 0. The van der Waals surface area contributed by atoms with Gasteiger partial charge in [-0.15, -0.1) is 0 Å². The lowest BCUT2D eigenvalue weighted by atomic mass is 10.00. The molecule has 1 aliphatic rings. The molecular formula is C25H22FN3O2S. The van der Waals surface area contributed by atoms with Gasteiger partial charge in [-0.25, -0.2) is 4.39 Å². The molecule has 0 atom stereocenters. The number of carbonyl (C=O) groups is 1. The predicted octanol–water partition coefficient (Wildman–Crippen LogP) is 4.42. The second kappa shape index (κ2) is 8.00. The fourth-order valence-electron chi connectivity index (χ4n) is 3.85. The van der Waals surface area contributed by atoms with Gasteiger partial charge in [0.05, 0.1) is 17.3 Å². The molecule has 0 amide bonds. The third-order valence-corrected chi connectivity index (χ3v) is 6.92. The molecule has 7 heteroatoms. The smallest absolute Gasteiger partial charge is 0.256 e. The number of aryl methyl sites for hydroxylation is 2. The molecule has 1 saturated heterocycles. The molecule has 2 aromatic heterocycles. The summed E-state index contributed by atoms with van der Waals surface area (Å²) >= 11 is 1.40. The Balaban J connectivity index is 1.73. The van der Waals surface area contributed by atoms with Crippen molar-refractivity contribution in [2.45, 2.75) is 19.9 Å². The highest BCUT2D eigenvalue weighted by Crippen LogP contribution is 2.38. The molecule has 2 N–H and O–H groups in total. The van der Waals surface area contributed by atoms with Gasteiger partial charge in [-0.1, -0.05) is 29.0 Å². The number of fused-ring (bicyclic) bond motifs is 1. The van der Waals surface area contributed by atoms with E-state index >= 15 is 0 Å². The standard InChI is InChI=1S/C25H22FN3O2S/c1-14-3-6-18(7-4-14)29-21(30)10-8-19-22(23(31)16-5-9-20(26)15(2)11-16)24(32-25(19)29)28-17-12-27-13-17/h3-11,17,27-28H,12-13H2,1-2H3. The van der Waals surface area contributed by atoms with Gasteiger partial charge in [0.25, 0.3) is 5.56 Å². The molecule has 0 saturated carbocycles. The molecule has 4 aromatic rings. The van der Waals surface area contributed by atoms with Crippen LogP contribution in [0.4, 0.5) is 9.39 Å². The number of halogens is 1. The van der Waals surface area contributed by atoms with E-state index in [1.165, 1.54) is 29.5 Å². The zero-order valence-electron chi connectivity index (χ0n) is 17.7. The van der Waals surface area contributed by atoms with Crippen LogP contribution in [0.25, 0.3) is 15.9 Å². The molecule has 0 bridgehead atoms. The van der Waals surface area contributed by atoms with Crippen molar-refractivity contribution < 1.29 is 9.18 Å². The highest BCUT2D eigenvalue weighted by atomic mass is 32.1. The summed E-state index contributed by atoms with van der Waals surface area (Å²) < 4.78 is 15.5. The summed E-state index contributed by atoms with van der Waals surface area (Å²) in [6.07, 6.45) is 0. The van der Waals surface area contributed by atoms with E-state index in [9.17, 15) is 14.0 Å². The van der Waals surface area contributed by atoms with Crippen LogP contribution in [0.5, 0.6) is 0 Å². The highest BCUT2D eigenvalue weighted by Gasteiger charge is 2.26. The van der Waals surface area contributed by atoms with Crippen LogP contribution >= 0.6 is 11.3 Å². The molecule has 0 spiro atoms. The third kappa shape index (κ3) is 3.53. The van der Waals surface area contributed by atoms with E-state index in [1.54, 1.807) is 23.6 Å². The number of nitrogens with zero attached hydrogens (tertiary/aromatic N) is 1. The number of nitrogens with one attached hydrogen (secondary N) is 2. The van der Waals surface area contributed by atoms with Crippen molar-refractivity contribution in [3.05, 3.63) is 93.0 Å². The van der Waals surface area contributed by atoms with Crippen LogP contribution in [-0.4, -0.2) is 29.5 Å². The van der Waals surface area contributed by atoms with Crippen molar-refractivity contribution in [3.63, 3.8) is 0 Å². The first-order chi connectivity index (χ1) is 15.4. The molecule has 2 aromatic carbocycles. The molecule has 162 valence electrons. The molecule has 3 heterocycles. The first-order valence-electron chi connectivity index (χ1n) is 10.5. The van der Waals surface area contributed by atoms with E-state index in [2.05, 4.69) is 10.6 Å². The van der Waals surface area contributed by atoms with Gasteiger partial charge in [-0.2, -0.15) is 0 Å². The van der Waals surface area contributed by atoms with Crippen molar-refractivity contribution in [2.24, 2.45) is 0 Å². The molecule has 0 radical (unpaired) electrons. The molecule has 32 heavy (non-hydrogen) atoms. The zero-order chi connectivity index (χ0) is 22.4. The molecule has 1 fully saturated rings. The number of pyridine rings is 1. The number of ketones is 1. The molecule has 0 aliphatic carbocycles. The maximum atomic E-state index is 13.8. The largest absolute Gasteiger partial charge is 0.371 e. The fraction of sp³-hybridized carbons (Fsp3) is 0.200. The van der Waals surface area contributed by atoms with Gasteiger partial charge in [0, 0.05) is 30.1 Å². The second-order valence-electron chi connectivity index (χ2n) is 8.16. The van der Waals surface area contributed by atoms with Gasteiger partial charge < -0.3 is 10.6 Å². The van der Waals surface area contributed by atoms with Gasteiger partial charge in [-0.05, 0) is 55.8 Å². The third-order valence-electron chi connectivity index (χ3n) is 5.80. The Bertz CT molecular complexity index is 1400. The lowest BCUT2D eigenvalue weighted by molar-refractivity contribution is 0.104. The van der Waals surface area contributed by atoms with Gasteiger partial charge in [0.15, 0.2) is 5.78 Å². The van der Waals surface area contributed by atoms with Crippen molar-refractivity contribution >= 4 is 32.3 Å². The number of benzene rings is 2. The van der Waals surface area contributed by atoms with Crippen LogP contribution in [0.2, 0.25) is 0 Å². The predicted molar refractivity (Wildman–Crippen MR) is 127 cm³/mol. The zero-order valence-corrected chi connectivity index (χ0v) is 18.6. The Morgan fingerprint density at radius 1 is 1.09 bits per heavy atom. The van der Waals surface area contributed by atoms with E-state index in [4.69, 9.17) is 0 Å². The van der Waals surface area contributed by atoms with Crippen LogP contribution in [0, 0.1) is 19.7 Å². The summed E-state index contributed by atoms with van der Waals surface area (Å²) in [6.45, 7) is 5.26. The first kappa shape index (κ1) is 20.6. The molecule has 5 nitrogen and oxygen atoms in total. The lowest BCUT2D eigenvalue weighted by Gasteiger charge is -2.28. The van der Waals surface area contributed by atoms with Crippen molar-refractivity contribution in [1.82, 2.24) is 9.88 Å². The SMILES string of the molecule is Cc1ccc(-n2c(=O)ccc3c(C(=O)c4ccc(F)c(C)c4)c(NC4CNC4)sc32)cc1. The molecular weight excluding hydrogens is 425 g/mol. The van der Waals surface area contributed by atoms with Crippen molar-refractivity contribution in [2.75, 3.05) is 18.4 Å². The number of carbonyl (C=O) groups excluding carboxylic acids is 1. The summed E-state index contributed by atoms with van der Waals surface area (Å²) in [6, 6.07) is 15.6. The topological polar surface area (TPSA) is 63.1 Å². The Hall–Kier alpha value is -3.29. The van der Waals surface area contributed by atoms with Crippen LogP contribution in [0.1, 0.15) is 27.0 Å².